The Bertz CT molecular complexity index is 528. The topological polar surface area (TPSA) is 55.4 Å². The Labute approximate surface area is 131 Å². The lowest BCUT2D eigenvalue weighted by molar-refractivity contribution is -0.139. The predicted octanol–water partition coefficient (Wildman–Crippen LogP) is 3.18. The minimum Gasteiger partial charge on any atom is -0.462 e. The van der Waals surface area contributed by atoms with Crippen molar-refractivity contribution in [3.63, 3.8) is 0 Å². The Morgan fingerprint density at radius 3 is 2.50 bits per heavy atom. The molecule has 1 aromatic rings. The maximum Gasteiger partial charge on any atom is 0.330 e. The number of carbonyl (C=O) groups is 2. The molecular formula is C18H23NO3. The first-order valence-electron chi connectivity index (χ1n) is 7.86. The van der Waals surface area contributed by atoms with E-state index in [0.717, 1.165) is 18.4 Å². The summed E-state index contributed by atoms with van der Waals surface area (Å²) in [6, 6.07) is 7.06. The Morgan fingerprint density at radius 2 is 1.86 bits per heavy atom. The van der Waals surface area contributed by atoms with Crippen molar-refractivity contribution in [1.29, 1.82) is 0 Å². The van der Waals surface area contributed by atoms with E-state index in [1.54, 1.807) is 37.4 Å². The highest BCUT2D eigenvalue weighted by atomic mass is 16.5. The Balaban J connectivity index is 1.80. The summed E-state index contributed by atoms with van der Waals surface area (Å²) < 4.78 is 5.29. The van der Waals surface area contributed by atoms with Gasteiger partial charge in [0, 0.05) is 18.7 Å². The molecular weight excluding hydrogens is 278 g/mol. The zero-order valence-electron chi connectivity index (χ0n) is 13.0. The number of rotatable bonds is 5. The highest BCUT2D eigenvalue weighted by molar-refractivity contribution is 5.94. The summed E-state index contributed by atoms with van der Waals surface area (Å²) in [5.41, 5.74) is 1.46. The average molecular weight is 301 g/mol. The van der Waals surface area contributed by atoms with E-state index < -0.39 is 0 Å². The molecule has 1 saturated carbocycles. The highest BCUT2D eigenvalue weighted by Crippen LogP contribution is 2.23. The van der Waals surface area contributed by atoms with Crippen molar-refractivity contribution in [3.8, 4) is 0 Å². The van der Waals surface area contributed by atoms with E-state index in [1.807, 2.05) is 0 Å². The van der Waals surface area contributed by atoms with Crippen LogP contribution in [0.25, 0.3) is 6.08 Å². The molecule has 1 aliphatic carbocycles. The van der Waals surface area contributed by atoms with E-state index in [4.69, 9.17) is 4.74 Å². The van der Waals surface area contributed by atoms with Crippen molar-refractivity contribution in [1.82, 2.24) is 5.32 Å². The van der Waals surface area contributed by atoms with Gasteiger partial charge in [-0.15, -0.1) is 0 Å². The van der Waals surface area contributed by atoms with Crippen molar-refractivity contribution >= 4 is 18.0 Å². The van der Waals surface area contributed by atoms with Gasteiger partial charge in [-0.3, -0.25) is 4.79 Å². The molecule has 1 aromatic carbocycles. The highest BCUT2D eigenvalue weighted by Gasteiger charge is 2.14. The standard InChI is InChI=1S/C18H23NO3/c1-19-18(21)16-10-7-14(8-11-16)9-12-17(20)22-13-15-5-3-2-4-6-15/h7-12,15H,2-6,13H2,1H3,(H,19,21). The molecule has 0 spiro atoms. The lowest BCUT2D eigenvalue weighted by atomic mass is 9.90. The second kappa shape index (κ2) is 8.37. The molecule has 4 nitrogen and oxygen atoms in total. The first-order valence-corrected chi connectivity index (χ1v) is 7.86. The molecule has 1 amide bonds. The van der Waals surface area contributed by atoms with Gasteiger partial charge in [-0.2, -0.15) is 0 Å². The van der Waals surface area contributed by atoms with Crippen molar-refractivity contribution in [3.05, 3.63) is 41.5 Å². The van der Waals surface area contributed by atoms with Crippen LogP contribution in [0, 0.1) is 5.92 Å². The monoisotopic (exact) mass is 301 g/mol. The minimum atomic E-state index is -0.305. The van der Waals surface area contributed by atoms with Gasteiger partial charge >= 0.3 is 5.97 Å². The van der Waals surface area contributed by atoms with Crippen LogP contribution in [0.5, 0.6) is 0 Å². The van der Waals surface area contributed by atoms with Crippen LogP contribution >= 0.6 is 0 Å². The lowest BCUT2D eigenvalue weighted by Gasteiger charge is -2.20. The number of esters is 1. The van der Waals surface area contributed by atoms with E-state index in [1.165, 1.54) is 25.3 Å². The third kappa shape index (κ3) is 5.02. The summed E-state index contributed by atoms with van der Waals surface area (Å²) >= 11 is 0. The molecule has 1 fully saturated rings. The SMILES string of the molecule is CNC(=O)c1ccc(C=CC(=O)OCC2CCCCC2)cc1. The number of ether oxygens (including phenoxy) is 1. The molecule has 0 bridgehead atoms. The van der Waals surface area contributed by atoms with Gasteiger partial charge in [0.1, 0.15) is 0 Å². The van der Waals surface area contributed by atoms with Crippen LogP contribution in [0.1, 0.15) is 48.0 Å². The Hall–Kier alpha value is -2.10. The zero-order valence-corrected chi connectivity index (χ0v) is 13.0. The van der Waals surface area contributed by atoms with Crippen LogP contribution < -0.4 is 5.32 Å². The van der Waals surface area contributed by atoms with Crippen LogP contribution in [0.3, 0.4) is 0 Å². The summed E-state index contributed by atoms with van der Waals surface area (Å²) in [7, 11) is 1.60. The first kappa shape index (κ1) is 16.3. The van der Waals surface area contributed by atoms with E-state index in [2.05, 4.69) is 5.32 Å². The molecule has 0 saturated heterocycles. The molecule has 1 aliphatic rings. The van der Waals surface area contributed by atoms with Crippen molar-refractivity contribution in [2.45, 2.75) is 32.1 Å². The van der Waals surface area contributed by atoms with Crippen LogP contribution in [0.4, 0.5) is 0 Å². The molecule has 118 valence electrons. The largest absolute Gasteiger partial charge is 0.462 e. The summed E-state index contributed by atoms with van der Waals surface area (Å²) in [6.07, 6.45) is 9.27. The second-order valence-electron chi connectivity index (χ2n) is 5.67. The van der Waals surface area contributed by atoms with E-state index >= 15 is 0 Å². The Kier molecular flexibility index (Phi) is 6.19. The number of benzene rings is 1. The fraction of sp³-hybridized carbons (Fsp3) is 0.444. The van der Waals surface area contributed by atoms with Crippen LogP contribution in [0.15, 0.2) is 30.3 Å². The molecule has 0 aliphatic heterocycles. The molecule has 0 unspecified atom stereocenters. The molecule has 1 N–H and O–H groups in total. The molecule has 0 radical (unpaired) electrons. The third-order valence-corrected chi connectivity index (χ3v) is 4.00. The maximum absolute atomic E-state index is 11.7. The summed E-state index contributed by atoms with van der Waals surface area (Å²) in [4.78, 5) is 23.1. The third-order valence-electron chi connectivity index (χ3n) is 4.00. The van der Waals surface area contributed by atoms with Gasteiger partial charge in [0.15, 0.2) is 0 Å². The normalized spacial score (nSPS) is 15.7. The van der Waals surface area contributed by atoms with Crippen LogP contribution in [-0.2, 0) is 9.53 Å². The second-order valence-corrected chi connectivity index (χ2v) is 5.67. The zero-order chi connectivity index (χ0) is 15.8. The van der Waals surface area contributed by atoms with Gasteiger partial charge in [-0.05, 0) is 42.5 Å². The number of hydrogen-bond donors (Lipinski definition) is 1. The fourth-order valence-electron chi connectivity index (χ4n) is 2.66. The number of hydrogen-bond acceptors (Lipinski definition) is 3. The summed E-state index contributed by atoms with van der Waals surface area (Å²) in [5, 5.41) is 2.57. The molecule has 0 aromatic heterocycles. The van der Waals surface area contributed by atoms with E-state index in [9.17, 15) is 9.59 Å². The Morgan fingerprint density at radius 1 is 1.18 bits per heavy atom. The van der Waals surface area contributed by atoms with Crippen molar-refractivity contribution in [2.24, 2.45) is 5.92 Å². The minimum absolute atomic E-state index is 0.123. The van der Waals surface area contributed by atoms with Crippen molar-refractivity contribution in [2.75, 3.05) is 13.7 Å². The smallest absolute Gasteiger partial charge is 0.330 e. The lowest BCUT2D eigenvalue weighted by Crippen LogP contribution is -2.17. The molecule has 2 rings (SSSR count). The van der Waals surface area contributed by atoms with E-state index in [0.29, 0.717) is 18.1 Å². The predicted molar refractivity (Wildman–Crippen MR) is 86.4 cm³/mol. The van der Waals surface area contributed by atoms with Crippen molar-refractivity contribution < 1.29 is 14.3 Å². The summed E-state index contributed by atoms with van der Waals surface area (Å²) in [6.45, 7) is 0.527. The number of amides is 1. The molecule has 0 heterocycles. The quantitative estimate of drug-likeness (QED) is 0.671. The number of nitrogens with one attached hydrogen (secondary N) is 1. The van der Waals surface area contributed by atoms with Gasteiger partial charge < -0.3 is 10.1 Å². The molecule has 22 heavy (non-hydrogen) atoms. The average Bonchev–Trinajstić information content (AvgIpc) is 2.58. The first-order chi connectivity index (χ1) is 10.7. The fourth-order valence-corrected chi connectivity index (χ4v) is 2.66. The van der Waals surface area contributed by atoms with Crippen LogP contribution in [0.2, 0.25) is 0 Å². The number of carbonyl (C=O) groups excluding carboxylic acids is 2. The molecule has 4 heteroatoms. The van der Waals surface area contributed by atoms with E-state index in [-0.39, 0.29) is 11.9 Å². The molecule has 0 atom stereocenters. The van der Waals surface area contributed by atoms with Gasteiger partial charge in [0.2, 0.25) is 0 Å². The van der Waals surface area contributed by atoms with Gasteiger partial charge in [-0.1, -0.05) is 31.4 Å². The van der Waals surface area contributed by atoms with Gasteiger partial charge in [0.05, 0.1) is 6.61 Å². The van der Waals surface area contributed by atoms with Gasteiger partial charge in [-0.25, -0.2) is 4.79 Å². The maximum atomic E-state index is 11.7. The summed E-state index contributed by atoms with van der Waals surface area (Å²) in [5.74, 6) is 0.0984. The van der Waals surface area contributed by atoms with Crippen LogP contribution in [-0.4, -0.2) is 25.5 Å². The van der Waals surface area contributed by atoms with Gasteiger partial charge in [0.25, 0.3) is 5.91 Å².